The fourth-order valence-corrected chi connectivity index (χ4v) is 3.67. The number of para-hydroxylation sites is 1. The van der Waals surface area contributed by atoms with Crippen LogP contribution in [0, 0.1) is 0 Å². The Labute approximate surface area is 209 Å². The highest BCUT2D eigenvalue weighted by Gasteiger charge is 2.22. The van der Waals surface area contributed by atoms with Gasteiger partial charge >= 0.3 is 0 Å². The van der Waals surface area contributed by atoms with Crippen molar-refractivity contribution < 1.29 is 19.4 Å². The number of hydrogen-bond donors (Lipinski definition) is 2. The van der Waals surface area contributed by atoms with Crippen LogP contribution in [0.4, 0.5) is 0 Å². The number of nitrogens with one attached hydrogen (secondary N) is 1. The Morgan fingerprint density at radius 3 is 2.40 bits per heavy atom. The lowest BCUT2D eigenvalue weighted by molar-refractivity contribution is 0.0972. The van der Waals surface area contributed by atoms with Crippen LogP contribution in [0.15, 0.2) is 72.8 Å². The van der Waals surface area contributed by atoms with Gasteiger partial charge in [-0.2, -0.15) is 0 Å². The quantitative estimate of drug-likeness (QED) is 0.213. The van der Waals surface area contributed by atoms with Crippen molar-refractivity contribution in [2.24, 2.45) is 0 Å². The molecule has 2 N–H and O–H groups in total. The standard InChI is InChI=1S/C30H37NO4/c1-5-28(31-30(3,4)6-2)35-27-17-11-16-25(29(27)33)26(32)19-18-22-14-10-15-24(20-22)34-21-23-12-8-7-9-13-23/h7-17,20,28,31,33H,5-6,18-19,21H2,1-4H3. The zero-order valence-electron chi connectivity index (χ0n) is 21.2. The molecule has 0 amide bonds. The lowest BCUT2D eigenvalue weighted by Crippen LogP contribution is -2.47. The number of ether oxygens (including phenoxy) is 2. The maximum absolute atomic E-state index is 13.0. The van der Waals surface area contributed by atoms with E-state index in [9.17, 15) is 9.90 Å². The molecule has 0 aromatic heterocycles. The number of aromatic hydroxyl groups is 1. The van der Waals surface area contributed by atoms with Gasteiger partial charge in [-0.1, -0.05) is 62.4 Å². The highest BCUT2D eigenvalue weighted by atomic mass is 16.5. The molecule has 0 heterocycles. The number of Topliss-reactive ketones (excluding diaryl/α,β-unsaturated/α-hetero) is 1. The lowest BCUT2D eigenvalue weighted by Gasteiger charge is -2.31. The SMILES string of the molecule is CCC(NC(C)(C)CC)Oc1cccc(C(=O)CCc2cccc(OCc3ccccc3)c2)c1O. The van der Waals surface area contributed by atoms with Crippen molar-refractivity contribution in [2.45, 2.75) is 71.8 Å². The molecule has 0 spiro atoms. The van der Waals surface area contributed by atoms with Crippen LogP contribution in [-0.2, 0) is 13.0 Å². The molecule has 186 valence electrons. The molecular weight excluding hydrogens is 438 g/mol. The molecule has 0 radical (unpaired) electrons. The minimum absolute atomic E-state index is 0.0942. The molecular formula is C30H37NO4. The summed E-state index contributed by atoms with van der Waals surface area (Å²) in [5, 5.41) is 14.2. The molecule has 0 aliphatic heterocycles. The summed E-state index contributed by atoms with van der Waals surface area (Å²) in [6.45, 7) is 8.85. The summed E-state index contributed by atoms with van der Waals surface area (Å²) >= 11 is 0. The summed E-state index contributed by atoms with van der Waals surface area (Å²) in [5.74, 6) is 0.856. The van der Waals surface area contributed by atoms with Gasteiger partial charge in [0.25, 0.3) is 0 Å². The maximum atomic E-state index is 13.0. The van der Waals surface area contributed by atoms with E-state index >= 15 is 0 Å². The predicted molar refractivity (Wildman–Crippen MR) is 140 cm³/mol. The Hall–Kier alpha value is -3.31. The second-order valence-electron chi connectivity index (χ2n) is 9.39. The number of phenolic OH excluding ortho intramolecular Hbond substituents is 1. The summed E-state index contributed by atoms with van der Waals surface area (Å²) in [5.41, 5.74) is 2.30. The van der Waals surface area contributed by atoms with Gasteiger partial charge in [0.1, 0.15) is 12.4 Å². The zero-order chi connectivity index (χ0) is 25.3. The molecule has 1 unspecified atom stereocenters. The number of aryl methyl sites for hydroxylation is 1. The highest BCUT2D eigenvalue weighted by Crippen LogP contribution is 2.32. The summed E-state index contributed by atoms with van der Waals surface area (Å²) in [6, 6.07) is 22.9. The second kappa shape index (κ2) is 12.4. The smallest absolute Gasteiger partial charge is 0.168 e. The average Bonchev–Trinajstić information content (AvgIpc) is 2.87. The van der Waals surface area contributed by atoms with Crippen LogP contribution < -0.4 is 14.8 Å². The molecule has 3 aromatic carbocycles. The van der Waals surface area contributed by atoms with E-state index in [1.54, 1.807) is 18.2 Å². The van der Waals surface area contributed by atoms with Crippen LogP contribution in [0.3, 0.4) is 0 Å². The van der Waals surface area contributed by atoms with Gasteiger partial charge in [0.2, 0.25) is 0 Å². The fourth-order valence-electron chi connectivity index (χ4n) is 3.67. The minimum Gasteiger partial charge on any atom is -0.504 e. The van der Waals surface area contributed by atoms with Gasteiger partial charge in [-0.15, -0.1) is 0 Å². The number of ketones is 1. The Kier molecular flexibility index (Phi) is 9.32. The Morgan fingerprint density at radius 2 is 1.69 bits per heavy atom. The first-order valence-corrected chi connectivity index (χ1v) is 12.4. The summed E-state index contributed by atoms with van der Waals surface area (Å²) < 4.78 is 11.9. The van der Waals surface area contributed by atoms with Gasteiger partial charge in [0.15, 0.2) is 23.5 Å². The van der Waals surface area contributed by atoms with Gasteiger partial charge in [-0.3, -0.25) is 10.1 Å². The topological polar surface area (TPSA) is 67.8 Å². The van der Waals surface area contributed by atoms with Crippen molar-refractivity contribution in [3.63, 3.8) is 0 Å². The molecule has 3 rings (SSSR count). The van der Waals surface area contributed by atoms with E-state index in [-0.39, 0.29) is 35.3 Å². The first-order chi connectivity index (χ1) is 16.8. The monoisotopic (exact) mass is 475 g/mol. The number of carbonyl (C=O) groups is 1. The van der Waals surface area contributed by atoms with Crippen LogP contribution in [0.1, 0.15) is 68.4 Å². The van der Waals surface area contributed by atoms with Crippen molar-refractivity contribution in [2.75, 3.05) is 0 Å². The Bertz CT molecular complexity index is 1090. The lowest BCUT2D eigenvalue weighted by atomic mass is 10.0. The van der Waals surface area contributed by atoms with Gasteiger partial charge in [0, 0.05) is 12.0 Å². The van der Waals surface area contributed by atoms with Crippen LogP contribution in [0.5, 0.6) is 17.2 Å². The van der Waals surface area contributed by atoms with Crippen molar-refractivity contribution >= 4 is 5.78 Å². The van der Waals surface area contributed by atoms with E-state index in [1.807, 2.05) is 61.5 Å². The van der Waals surface area contributed by atoms with Crippen LogP contribution in [0.25, 0.3) is 0 Å². The molecule has 0 aliphatic rings. The van der Waals surface area contributed by atoms with Gasteiger partial charge in [-0.25, -0.2) is 0 Å². The number of rotatable bonds is 13. The number of benzene rings is 3. The van der Waals surface area contributed by atoms with E-state index in [0.717, 1.165) is 29.7 Å². The molecule has 5 nitrogen and oxygen atoms in total. The van der Waals surface area contributed by atoms with Crippen molar-refractivity contribution in [1.82, 2.24) is 5.32 Å². The van der Waals surface area contributed by atoms with E-state index in [0.29, 0.717) is 18.8 Å². The number of carbonyl (C=O) groups excluding carboxylic acids is 1. The molecule has 0 bridgehead atoms. The molecule has 0 aliphatic carbocycles. The van der Waals surface area contributed by atoms with Crippen molar-refractivity contribution in [3.8, 4) is 17.2 Å². The molecule has 5 heteroatoms. The Balaban J connectivity index is 1.61. The maximum Gasteiger partial charge on any atom is 0.168 e. The first kappa shape index (κ1) is 26.3. The third-order valence-electron chi connectivity index (χ3n) is 6.16. The van der Waals surface area contributed by atoms with E-state index in [1.165, 1.54) is 0 Å². The van der Waals surface area contributed by atoms with Crippen molar-refractivity contribution in [1.29, 1.82) is 0 Å². The zero-order valence-corrected chi connectivity index (χ0v) is 21.2. The third-order valence-corrected chi connectivity index (χ3v) is 6.16. The highest BCUT2D eigenvalue weighted by molar-refractivity contribution is 5.99. The van der Waals surface area contributed by atoms with Crippen molar-refractivity contribution in [3.05, 3.63) is 89.5 Å². The van der Waals surface area contributed by atoms with Gasteiger partial charge < -0.3 is 14.6 Å². The minimum atomic E-state index is -0.264. The normalized spacial score (nSPS) is 12.2. The van der Waals surface area contributed by atoms with Crippen LogP contribution in [-0.4, -0.2) is 22.7 Å². The second-order valence-corrected chi connectivity index (χ2v) is 9.39. The number of hydrogen-bond acceptors (Lipinski definition) is 5. The molecule has 1 atom stereocenters. The largest absolute Gasteiger partial charge is 0.504 e. The van der Waals surface area contributed by atoms with E-state index in [2.05, 4.69) is 26.1 Å². The molecule has 3 aromatic rings. The molecule has 0 saturated carbocycles. The van der Waals surface area contributed by atoms with Crippen LogP contribution >= 0.6 is 0 Å². The summed E-state index contributed by atoms with van der Waals surface area (Å²) in [6.07, 6.45) is 2.23. The van der Waals surface area contributed by atoms with E-state index < -0.39 is 0 Å². The molecule has 35 heavy (non-hydrogen) atoms. The van der Waals surface area contributed by atoms with Gasteiger partial charge in [0.05, 0.1) is 5.56 Å². The van der Waals surface area contributed by atoms with Crippen LogP contribution in [0.2, 0.25) is 0 Å². The summed E-state index contributed by atoms with van der Waals surface area (Å²) in [7, 11) is 0. The third kappa shape index (κ3) is 7.86. The van der Waals surface area contributed by atoms with Gasteiger partial charge in [-0.05, 0) is 68.5 Å². The molecule has 0 fully saturated rings. The average molecular weight is 476 g/mol. The summed E-state index contributed by atoms with van der Waals surface area (Å²) in [4.78, 5) is 13.0. The number of phenols is 1. The molecule has 0 saturated heterocycles. The predicted octanol–water partition coefficient (Wildman–Crippen LogP) is 6.68. The first-order valence-electron chi connectivity index (χ1n) is 12.4. The fraction of sp³-hybridized carbons (Fsp3) is 0.367. The Morgan fingerprint density at radius 1 is 0.971 bits per heavy atom. The van der Waals surface area contributed by atoms with E-state index in [4.69, 9.17) is 9.47 Å².